The van der Waals surface area contributed by atoms with Gasteiger partial charge < -0.3 is 15.7 Å². The molecule has 0 radical (unpaired) electrons. The molecule has 0 saturated carbocycles. The lowest BCUT2D eigenvalue weighted by molar-refractivity contribution is 0.0945. The summed E-state index contributed by atoms with van der Waals surface area (Å²) in [6, 6.07) is 17.9. The van der Waals surface area contributed by atoms with E-state index in [4.69, 9.17) is 5.11 Å². The standard InChI is InChI=1S/C18H22N2O2/c1-2-17(14-7-4-3-5-8-14)20-16-10-6-9-15(13-16)18(22)19-11-12-21/h3-10,13,17,20-21H,2,11-12H2,1H3,(H,19,22). The lowest BCUT2D eigenvalue weighted by atomic mass is 10.0. The normalized spacial score (nSPS) is 11.7. The van der Waals surface area contributed by atoms with Crippen LogP contribution in [0.2, 0.25) is 0 Å². The molecule has 0 aliphatic heterocycles. The van der Waals surface area contributed by atoms with Crippen molar-refractivity contribution in [3.8, 4) is 0 Å². The van der Waals surface area contributed by atoms with E-state index in [1.165, 1.54) is 5.56 Å². The maximum Gasteiger partial charge on any atom is 0.251 e. The fourth-order valence-corrected chi connectivity index (χ4v) is 2.33. The van der Waals surface area contributed by atoms with E-state index in [1.54, 1.807) is 6.07 Å². The molecular weight excluding hydrogens is 276 g/mol. The van der Waals surface area contributed by atoms with Crippen LogP contribution in [0, 0.1) is 0 Å². The van der Waals surface area contributed by atoms with Gasteiger partial charge in [0.25, 0.3) is 5.91 Å². The second kappa shape index (κ2) is 8.20. The fraction of sp³-hybridized carbons (Fsp3) is 0.278. The van der Waals surface area contributed by atoms with E-state index in [2.05, 4.69) is 29.7 Å². The number of benzene rings is 2. The molecule has 22 heavy (non-hydrogen) atoms. The number of anilines is 1. The minimum absolute atomic E-state index is 0.0599. The first-order valence-electron chi connectivity index (χ1n) is 7.55. The number of hydrogen-bond acceptors (Lipinski definition) is 3. The second-order valence-corrected chi connectivity index (χ2v) is 5.08. The van der Waals surface area contributed by atoms with E-state index in [9.17, 15) is 4.79 Å². The minimum atomic E-state index is -0.176. The quantitative estimate of drug-likeness (QED) is 0.736. The Morgan fingerprint density at radius 2 is 1.91 bits per heavy atom. The third kappa shape index (κ3) is 4.33. The summed E-state index contributed by atoms with van der Waals surface area (Å²) in [4.78, 5) is 11.9. The Morgan fingerprint density at radius 3 is 2.59 bits per heavy atom. The van der Waals surface area contributed by atoms with Crippen LogP contribution in [0.5, 0.6) is 0 Å². The number of carbonyl (C=O) groups is 1. The predicted octanol–water partition coefficient (Wildman–Crippen LogP) is 2.97. The molecular formula is C18H22N2O2. The van der Waals surface area contributed by atoms with Crippen molar-refractivity contribution in [2.75, 3.05) is 18.5 Å². The second-order valence-electron chi connectivity index (χ2n) is 5.08. The Kier molecular flexibility index (Phi) is 5.98. The Hall–Kier alpha value is -2.33. The van der Waals surface area contributed by atoms with Crippen molar-refractivity contribution in [3.05, 3.63) is 65.7 Å². The van der Waals surface area contributed by atoms with Crippen LogP contribution in [-0.4, -0.2) is 24.2 Å². The monoisotopic (exact) mass is 298 g/mol. The van der Waals surface area contributed by atoms with Gasteiger partial charge in [-0.15, -0.1) is 0 Å². The first kappa shape index (κ1) is 16.0. The molecule has 2 aromatic carbocycles. The molecule has 0 spiro atoms. The molecule has 0 fully saturated rings. The van der Waals surface area contributed by atoms with Gasteiger partial charge in [-0.05, 0) is 30.2 Å². The molecule has 4 nitrogen and oxygen atoms in total. The van der Waals surface area contributed by atoms with Crippen LogP contribution in [-0.2, 0) is 0 Å². The van der Waals surface area contributed by atoms with Gasteiger partial charge in [0.15, 0.2) is 0 Å². The maximum atomic E-state index is 11.9. The van der Waals surface area contributed by atoms with Crippen molar-refractivity contribution in [1.29, 1.82) is 0 Å². The topological polar surface area (TPSA) is 61.4 Å². The van der Waals surface area contributed by atoms with E-state index in [0.29, 0.717) is 5.56 Å². The van der Waals surface area contributed by atoms with Crippen molar-refractivity contribution in [3.63, 3.8) is 0 Å². The van der Waals surface area contributed by atoms with Crippen molar-refractivity contribution in [2.45, 2.75) is 19.4 Å². The molecule has 3 N–H and O–H groups in total. The molecule has 1 atom stereocenters. The summed E-state index contributed by atoms with van der Waals surface area (Å²) in [5, 5.41) is 14.9. The number of aliphatic hydroxyl groups is 1. The predicted molar refractivity (Wildman–Crippen MR) is 89.0 cm³/mol. The average molecular weight is 298 g/mol. The van der Waals surface area contributed by atoms with Gasteiger partial charge in [-0.3, -0.25) is 4.79 Å². The molecule has 0 aromatic heterocycles. The number of carbonyl (C=O) groups excluding carboxylic acids is 1. The number of nitrogens with one attached hydrogen (secondary N) is 2. The molecule has 1 amide bonds. The minimum Gasteiger partial charge on any atom is -0.395 e. The first-order valence-corrected chi connectivity index (χ1v) is 7.55. The van der Waals surface area contributed by atoms with E-state index in [-0.39, 0.29) is 25.1 Å². The van der Waals surface area contributed by atoms with Gasteiger partial charge in [0.05, 0.1) is 12.6 Å². The molecule has 2 rings (SSSR count). The van der Waals surface area contributed by atoms with Gasteiger partial charge in [-0.1, -0.05) is 43.3 Å². The Morgan fingerprint density at radius 1 is 1.14 bits per heavy atom. The van der Waals surface area contributed by atoms with E-state index < -0.39 is 0 Å². The highest BCUT2D eigenvalue weighted by atomic mass is 16.3. The summed E-state index contributed by atoms with van der Waals surface area (Å²) in [5.74, 6) is -0.176. The molecule has 0 saturated heterocycles. The average Bonchev–Trinajstić information content (AvgIpc) is 2.58. The van der Waals surface area contributed by atoms with Gasteiger partial charge in [-0.2, -0.15) is 0 Å². The third-order valence-corrected chi connectivity index (χ3v) is 3.47. The van der Waals surface area contributed by atoms with Crippen LogP contribution in [0.1, 0.15) is 35.3 Å². The van der Waals surface area contributed by atoms with Gasteiger partial charge in [-0.25, -0.2) is 0 Å². The van der Waals surface area contributed by atoms with Crippen LogP contribution in [0.25, 0.3) is 0 Å². The molecule has 4 heteroatoms. The zero-order valence-electron chi connectivity index (χ0n) is 12.8. The van der Waals surface area contributed by atoms with Crippen molar-refractivity contribution in [1.82, 2.24) is 5.32 Å². The highest BCUT2D eigenvalue weighted by Crippen LogP contribution is 2.22. The SMILES string of the molecule is CCC(Nc1cccc(C(=O)NCCO)c1)c1ccccc1. The number of rotatable bonds is 7. The highest BCUT2D eigenvalue weighted by molar-refractivity contribution is 5.95. The molecule has 1 unspecified atom stereocenters. The van der Waals surface area contributed by atoms with E-state index in [1.807, 2.05) is 36.4 Å². The van der Waals surface area contributed by atoms with Crippen molar-refractivity contribution < 1.29 is 9.90 Å². The van der Waals surface area contributed by atoms with Crippen LogP contribution in [0.3, 0.4) is 0 Å². The largest absolute Gasteiger partial charge is 0.395 e. The van der Waals surface area contributed by atoms with Crippen LogP contribution in [0.15, 0.2) is 54.6 Å². The lowest BCUT2D eigenvalue weighted by Gasteiger charge is -2.19. The fourth-order valence-electron chi connectivity index (χ4n) is 2.33. The first-order chi connectivity index (χ1) is 10.7. The van der Waals surface area contributed by atoms with E-state index in [0.717, 1.165) is 12.1 Å². The number of aliphatic hydroxyl groups excluding tert-OH is 1. The molecule has 0 bridgehead atoms. The number of hydrogen-bond donors (Lipinski definition) is 3. The molecule has 2 aromatic rings. The van der Waals surface area contributed by atoms with Crippen LogP contribution < -0.4 is 10.6 Å². The Labute approximate surface area is 131 Å². The van der Waals surface area contributed by atoms with E-state index >= 15 is 0 Å². The van der Waals surface area contributed by atoms with Gasteiger partial charge in [0.1, 0.15) is 0 Å². The van der Waals surface area contributed by atoms with Gasteiger partial charge in [0.2, 0.25) is 0 Å². The van der Waals surface area contributed by atoms with Crippen molar-refractivity contribution in [2.24, 2.45) is 0 Å². The third-order valence-electron chi connectivity index (χ3n) is 3.47. The summed E-state index contributed by atoms with van der Waals surface area (Å²) in [7, 11) is 0. The molecule has 0 heterocycles. The van der Waals surface area contributed by atoms with Crippen LogP contribution in [0.4, 0.5) is 5.69 Å². The van der Waals surface area contributed by atoms with Gasteiger partial charge in [0, 0.05) is 17.8 Å². The Balaban J connectivity index is 2.10. The molecule has 116 valence electrons. The van der Waals surface area contributed by atoms with Gasteiger partial charge >= 0.3 is 0 Å². The van der Waals surface area contributed by atoms with Crippen LogP contribution >= 0.6 is 0 Å². The summed E-state index contributed by atoms with van der Waals surface area (Å²) >= 11 is 0. The van der Waals surface area contributed by atoms with Crippen molar-refractivity contribution >= 4 is 11.6 Å². The zero-order chi connectivity index (χ0) is 15.8. The summed E-state index contributed by atoms with van der Waals surface area (Å²) in [6.45, 7) is 2.33. The molecule has 0 aliphatic rings. The summed E-state index contributed by atoms with van der Waals surface area (Å²) in [5.41, 5.74) is 2.72. The number of amides is 1. The maximum absolute atomic E-state index is 11.9. The lowest BCUT2D eigenvalue weighted by Crippen LogP contribution is -2.26. The smallest absolute Gasteiger partial charge is 0.251 e. The summed E-state index contributed by atoms with van der Waals surface area (Å²) in [6.07, 6.45) is 0.949. The summed E-state index contributed by atoms with van der Waals surface area (Å²) < 4.78 is 0. The Bertz CT molecular complexity index is 599. The molecule has 0 aliphatic carbocycles. The highest BCUT2D eigenvalue weighted by Gasteiger charge is 2.10. The zero-order valence-corrected chi connectivity index (χ0v) is 12.8.